The Labute approximate surface area is 112 Å². The summed E-state index contributed by atoms with van der Waals surface area (Å²) in [6, 6.07) is 6.54. The van der Waals surface area contributed by atoms with Gasteiger partial charge in [0.15, 0.2) is 0 Å². The van der Waals surface area contributed by atoms with Gasteiger partial charge >= 0.3 is 0 Å². The number of hydrogen-bond acceptors (Lipinski definition) is 4. The van der Waals surface area contributed by atoms with E-state index in [4.69, 9.17) is 5.14 Å². The van der Waals surface area contributed by atoms with Crippen LogP contribution in [-0.4, -0.2) is 18.2 Å². The molecule has 1 aromatic carbocycles. The van der Waals surface area contributed by atoms with Gasteiger partial charge in [0.05, 0.1) is 16.8 Å². The number of aromatic nitrogens is 2. The molecular formula is C12H16N4O2S. The molecule has 0 aliphatic rings. The van der Waals surface area contributed by atoms with Crippen molar-refractivity contribution in [2.24, 2.45) is 5.14 Å². The van der Waals surface area contributed by atoms with Crippen molar-refractivity contribution in [3.05, 3.63) is 36.7 Å². The van der Waals surface area contributed by atoms with Crippen molar-refractivity contribution in [2.45, 2.75) is 24.8 Å². The number of benzene rings is 1. The zero-order valence-electron chi connectivity index (χ0n) is 10.7. The molecule has 0 spiro atoms. The van der Waals surface area contributed by atoms with Crippen LogP contribution in [0.4, 0.5) is 11.4 Å². The number of sulfonamides is 1. The summed E-state index contributed by atoms with van der Waals surface area (Å²) in [6.45, 7) is 4.08. The summed E-state index contributed by atoms with van der Waals surface area (Å²) in [5.41, 5.74) is 1.62. The first kappa shape index (κ1) is 13.6. The molecule has 0 aliphatic carbocycles. The minimum absolute atomic E-state index is 0.0934. The Balaban J connectivity index is 2.15. The van der Waals surface area contributed by atoms with E-state index in [9.17, 15) is 8.42 Å². The van der Waals surface area contributed by atoms with Crippen molar-refractivity contribution in [3.8, 4) is 0 Å². The van der Waals surface area contributed by atoms with Gasteiger partial charge in [0.25, 0.3) is 0 Å². The second-order valence-corrected chi connectivity index (χ2v) is 6.06. The lowest BCUT2D eigenvalue weighted by atomic mass is 10.3. The highest BCUT2D eigenvalue weighted by Crippen LogP contribution is 2.18. The van der Waals surface area contributed by atoms with Crippen molar-refractivity contribution in [1.82, 2.24) is 9.78 Å². The molecule has 19 heavy (non-hydrogen) atoms. The number of nitrogens with one attached hydrogen (secondary N) is 1. The molecule has 7 heteroatoms. The molecule has 1 aromatic heterocycles. The number of hydrogen-bond donors (Lipinski definition) is 2. The number of rotatable bonds is 4. The SMILES string of the molecule is CC(C)n1cc(Nc2ccc(S(N)(=O)=O)cc2)cn1. The van der Waals surface area contributed by atoms with Crippen molar-refractivity contribution >= 4 is 21.4 Å². The Morgan fingerprint density at radius 3 is 2.32 bits per heavy atom. The summed E-state index contributed by atoms with van der Waals surface area (Å²) >= 11 is 0. The monoisotopic (exact) mass is 280 g/mol. The van der Waals surface area contributed by atoms with Gasteiger partial charge in [-0.15, -0.1) is 0 Å². The standard InChI is InChI=1S/C12H16N4O2S/c1-9(2)16-8-11(7-14-16)15-10-3-5-12(6-4-10)19(13,17)18/h3-9,15H,1-2H3,(H2,13,17,18). The topological polar surface area (TPSA) is 90.0 Å². The first-order valence-corrected chi connectivity index (χ1v) is 7.35. The number of anilines is 2. The molecule has 0 atom stereocenters. The number of nitrogens with zero attached hydrogens (tertiary/aromatic N) is 2. The molecule has 3 N–H and O–H groups in total. The van der Waals surface area contributed by atoms with Gasteiger partial charge in [0.1, 0.15) is 0 Å². The van der Waals surface area contributed by atoms with Gasteiger partial charge in [0.2, 0.25) is 10.0 Å². The van der Waals surface area contributed by atoms with Crippen molar-refractivity contribution in [3.63, 3.8) is 0 Å². The van der Waals surface area contributed by atoms with E-state index in [1.807, 2.05) is 24.7 Å². The lowest BCUT2D eigenvalue weighted by Gasteiger charge is -2.05. The van der Waals surface area contributed by atoms with E-state index in [1.165, 1.54) is 12.1 Å². The van der Waals surface area contributed by atoms with Crippen molar-refractivity contribution < 1.29 is 8.42 Å². The Morgan fingerprint density at radius 2 is 1.84 bits per heavy atom. The molecule has 6 nitrogen and oxygen atoms in total. The summed E-state index contributed by atoms with van der Waals surface area (Å²) < 4.78 is 24.1. The lowest BCUT2D eigenvalue weighted by Crippen LogP contribution is -2.11. The second-order valence-electron chi connectivity index (χ2n) is 4.50. The van der Waals surface area contributed by atoms with E-state index in [0.29, 0.717) is 6.04 Å². The molecule has 2 aromatic rings. The Hall–Kier alpha value is -1.86. The molecule has 102 valence electrons. The highest BCUT2D eigenvalue weighted by molar-refractivity contribution is 7.89. The van der Waals surface area contributed by atoms with Crippen LogP contribution in [0.2, 0.25) is 0 Å². The van der Waals surface area contributed by atoms with Crippen LogP contribution in [0.15, 0.2) is 41.6 Å². The zero-order chi connectivity index (χ0) is 14.0. The summed E-state index contributed by atoms with van der Waals surface area (Å²) in [5.74, 6) is 0. The van der Waals surface area contributed by atoms with E-state index >= 15 is 0 Å². The minimum atomic E-state index is -3.64. The molecule has 0 saturated heterocycles. The lowest BCUT2D eigenvalue weighted by molar-refractivity contribution is 0.532. The third-order valence-electron chi connectivity index (χ3n) is 2.60. The van der Waals surface area contributed by atoms with Gasteiger partial charge in [-0.1, -0.05) is 0 Å². The molecule has 0 unspecified atom stereocenters. The van der Waals surface area contributed by atoms with Crippen LogP contribution in [0.1, 0.15) is 19.9 Å². The van der Waals surface area contributed by atoms with Gasteiger partial charge in [0, 0.05) is 17.9 Å². The maximum Gasteiger partial charge on any atom is 0.238 e. The van der Waals surface area contributed by atoms with E-state index in [0.717, 1.165) is 11.4 Å². The minimum Gasteiger partial charge on any atom is -0.353 e. The molecule has 0 bridgehead atoms. The molecule has 0 aliphatic heterocycles. The Morgan fingerprint density at radius 1 is 1.21 bits per heavy atom. The fourth-order valence-corrected chi connectivity index (χ4v) is 2.10. The average Bonchev–Trinajstić information content (AvgIpc) is 2.77. The summed E-state index contributed by atoms with van der Waals surface area (Å²) in [6.07, 6.45) is 3.60. The van der Waals surface area contributed by atoms with Crippen molar-refractivity contribution in [1.29, 1.82) is 0 Å². The van der Waals surface area contributed by atoms with Crippen LogP contribution < -0.4 is 10.5 Å². The Kier molecular flexibility index (Phi) is 3.59. The van der Waals surface area contributed by atoms with Crippen LogP contribution in [0.3, 0.4) is 0 Å². The van der Waals surface area contributed by atoms with E-state index in [-0.39, 0.29) is 4.90 Å². The van der Waals surface area contributed by atoms with Crippen LogP contribution >= 0.6 is 0 Å². The smallest absolute Gasteiger partial charge is 0.238 e. The normalized spacial score (nSPS) is 11.8. The van der Waals surface area contributed by atoms with Gasteiger partial charge < -0.3 is 5.32 Å². The summed E-state index contributed by atoms with van der Waals surface area (Å²) in [7, 11) is -3.64. The molecule has 2 rings (SSSR count). The predicted octanol–water partition coefficient (Wildman–Crippen LogP) is 1.85. The first-order chi connectivity index (χ1) is 8.86. The predicted molar refractivity (Wildman–Crippen MR) is 73.7 cm³/mol. The number of nitrogens with two attached hydrogens (primary N) is 1. The third kappa shape index (κ3) is 3.33. The van der Waals surface area contributed by atoms with Gasteiger partial charge in [-0.05, 0) is 38.1 Å². The average molecular weight is 280 g/mol. The maximum atomic E-state index is 11.1. The number of primary sulfonamides is 1. The van der Waals surface area contributed by atoms with E-state index < -0.39 is 10.0 Å². The second kappa shape index (κ2) is 5.02. The molecule has 1 heterocycles. The molecule has 0 saturated carbocycles. The third-order valence-corrected chi connectivity index (χ3v) is 3.53. The fourth-order valence-electron chi connectivity index (χ4n) is 1.58. The summed E-state index contributed by atoms with van der Waals surface area (Å²) in [5, 5.41) is 12.4. The van der Waals surface area contributed by atoms with E-state index in [1.54, 1.807) is 18.3 Å². The zero-order valence-corrected chi connectivity index (χ0v) is 11.6. The van der Waals surface area contributed by atoms with Crippen LogP contribution in [0, 0.1) is 0 Å². The molecule has 0 fully saturated rings. The quantitative estimate of drug-likeness (QED) is 0.894. The van der Waals surface area contributed by atoms with Crippen LogP contribution in [-0.2, 0) is 10.0 Å². The van der Waals surface area contributed by atoms with Gasteiger partial charge in [-0.2, -0.15) is 5.10 Å². The van der Waals surface area contributed by atoms with Crippen LogP contribution in [0.5, 0.6) is 0 Å². The first-order valence-electron chi connectivity index (χ1n) is 5.80. The largest absolute Gasteiger partial charge is 0.353 e. The molecular weight excluding hydrogens is 264 g/mol. The van der Waals surface area contributed by atoms with Gasteiger partial charge in [-0.25, -0.2) is 13.6 Å². The fraction of sp³-hybridized carbons (Fsp3) is 0.250. The Bertz CT molecular complexity index is 659. The highest BCUT2D eigenvalue weighted by Gasteiger charge is 2.07. The highest BCUT2D eigenvalue weighted by atomic mass is 32.2. The van der Waals surface area contributed by atoms with Gasteiger partial charge in [-0.3, -0.25) is 4.68 Å². The van der Waals surface area contributed by atoms with Crippen LogP contribution in [0.25, 0.3) is 0 Å². The maximum absolute atomic E-state index is 11.1. The van der Waals surface area contributed by atoms with E-state index in [2.05, 4.69) is 10.4 Å². The summed E-state index contributed by atoms with van der Waals surface area (Å²) in [4.78, 5) is 0.0934. The molecule has 0 radical (unpaired) electrons. The molecule has 0 amide bonds. The van der Waals surface area contributed by atoms with Crippen molar-refractivity contribution in [2.75, 3.05) is 5.32 Å².